The smallest absolute Gasteiger partial charge is 0.321 e. The molecule has 1 aliphatic rings. The van der Waals surface area contributed by atoms with Gasteiger partial charge in [-0.15, -0.1) is 10.2 Å². The van der Waals surface area contributed by atoms with Crippen LogP contribution in [-0.2, 0) is 0 Å². The van der Waals surface area contributed by atoms with E-state index >= 15 is 0 Å². The lowest BCUT2D eigenvalue weighted by atomic mass is 10.5. The Kier molecular flexibility index (Phi) is 2.13. The maximum atomic E-state index is 11.2. The summed E-state index contributed by atoms with van der Waals surface area (Å²) >= 11 is 1.31. The van der Waals surface area contributed by atoms with Crippen molar-refractivity contribution in [2.75, 3.05) is 5.32 Å². The second-order valence-corrected chi connectivity index (χ2v) is 4.00. The number of carbonyl (C=O) groups excluding carboxylic acids is 1. The highest BCUT2D eigenvalue weighted by atomic mass is 32.1. The fourth-order valence-corrected chi connectivity index (χ4v) is 1.49. The van der Waals surface area contributed by atoms with E-state index in [4.69, 9.17) is 0 Å². The van der Waals surface area contributed by atoms with E-state index in [1.807, 2.05) is 0 Å². The summed E-state index contributed by atoms with van der Waals surface area (Å²) in [6.07, 6.45) is 1.07. The first kappa shape index (κ1) is 8.43. The predicted molar refractivity (Wildman–Crippen MR) is 49.6 cm³/mol. The molecule has 2 rings (SSSR count). The number of urea groups is 1. The summed E-state index contributed by atoms with van der Waals surface area (Å²) in [5, 5.41) is 13.3. The Hall–Kier alpha value is -1.17. The zero-order valence-electron chi connectivity index (χ0n) is 7.15. The number of nitrogens with zero attached hydrogens (tertiary/aromatic N) is 2. The summed E-state index contributed by atoms with van der Waals surface area (Å²) in [5.74, 6) is 0.611. The third-order valence-corrected chi connectivity index (χ3v) is 2.61. The summed E-state index contributed by atoms with van der Waals surface area (Å²) < 4.78 is 0. The van der Waals surface area contributed by atoms with Crippen LogP contribution in [0, 0.1) is 5.92 Å². The molecule has 0 radical (unpaired) electrons. The molecule has 1 aliphatic carbocycles. The lowest BCUT2D eigenvalue weighted by molar-refractivity contribution is 0.251. The van der Waals surface area contributed by atoms with Crippen molar-refractivity contribution in [3.8, 4) is 0 Å². The summed E-state index contributed by atoms with van der Waals surface area (Å²) in [4.78, 5) is 11.2. The first-order chi connectivity index (χ1) is 6.25. The minimum absolute atomic E-state index is 0.189. The number of amides is 2. The van der Waals surface area contributed by atoms with Crippen molar-refractivity contribution in [3.05, 3.63) is 5.51 Å². The van der Waals surface area contributed by atoms with Crippen LogP contribution in [0.25, 0.3) is 0 Å². The predicted octanol–water partition coefficient (Wildman–Crippen LogP) is 1.07. The Bertz CT molecular complexity index is 299. The number of nitrogens with one attached hydrogen (secondary N) is 2. The summed E-state index contributed by atoms with van der Waals surface area (Å²) in [6, 6.07) is 0.152. The van der Waals surface area contributed by atoms with Crippen molar-refractivity contribution in [2.24, 2.45) is 5.92 Å². The van der Waals surface area contributed by atoms with Gasteiger partial charge in [0.2, 0.25) is 5.13 Å². The molecule has 1 fully saturated rings. The molecule has 6 heteroatoms. The molecule has 70 valence electrons. The average molecular weight is 198 g/mol. The van der Waals surface area contributed by atoms with Gasteiger partial charge < -0.3 is 5.32 Å². The molecular formula is C7H10N4OS. The molecule has 2 N–H and O–H groups in total. The van der Waals surface area contributed by atoms with E-state index in [-0.39, 0.29) is 6.03 Å². The topological polar surface area (TPSA) is 66.9 Å². The van der Waals surface area contributed by atoms with E-state index in [2.05, 4.69) is 27.8 Å². The van der Waals surface area contributed by atoms with Crippen molar-refractivity contribution in [1.82, 2.24) is 15.5 Å². The van der Waals surface area contributed by atoms with Crippen LogP contribution >= 0.6 is 11.3 Å². The van der Waals surface area contributed by atoms with Gasteiger partial charge in [0.25, 0.3) is 0 Å². The van der Waals surface area contributed by atoms with Crippen LogP contribution in [0.4, 0.5) is 9.93 Å². The molecule has 13 heavy (non-hydrogen) atoms. The van der Waals surface area contributed by atoms with Gasteiger partial charge in [0.1, 0.15) is 5.51 Å². The quantitative estimate of drug-likeness (QED) is 0.747. The standard InChI is InChI=1S/C7H10N4OS/c1-4-2-5(4)9-6(12)10-7-11-8-3-13-7/h3-5H,2H2,1H3,(H2,9,10,11,12)/t4-,5-/m1/s1. The van der Waals surface area contributed by atoms with Crippen LogP contribution in [0.5, 0.6) is 0 Å². The number of anilines is 1. The lowest BCUT2D eigenvalue weighted by Gasteiger charge is -2.02. The van der Waals surface area contributed by atoms with Crippen molar-refractivity contribution in [3.63, 3.8) is 0 Å². The molecule has 0 saturated heterocycles. The summed E-state index contributed by atoms with van der Waals surface area (Å²) in [5.41, 5.74) is 1.58. The monoisotopic (exact) mass is 198 g/mol. The number of carbonyl (C=O) groups is 1. The van der Waals surface area contributed by atoms with Gasteiger partial charge in [-0.05, 0) is 12.3 Å². The number of hydrogen-bond donors (Lipinski definition) is 2. The highest BCUT2D eigenvalue weighted by Crippen LogP contribution is 2.28. The molecule has 0 aromatic carbocycles. The van der Waals surface area contributed by atoms with E-state index < -0.39 is 0 Å². The maximum absolute atomic E-state index is 11.2. The molecule has 1 aromatic rings. The van der Waals surface area contributed by atoms with Crippen molar-refractivity contribution in [2.45, 2.75) is 19.4 Å². The van der Waals surface area contributed by atoms with Gasteiger partial charge in [-0.3, -0.25) is 5.32 Å². The van der Waals surface area contributed by atoms with E-state index in [1.54, 1.807) is 5.51 Å². The Morgan fingerprint density at radius 3 is 3.08 bits per heavy atom. The highest BCUT2D eigenvalue weighted by molar-refractivity contribution is 7.13. The van der Waals surface area contributed by atoms with Crippen molar-refractivity contribution < 1.29 is 4.79 Å². The number of rotatable bonds is 2. The van der Waals surface area contributed by atoms with Gasteiger partial charge in [-0.2, -0.15) is 0 Å². The van der Waals surface area contributed by atoms with Crippen LogP contribution in [0.3, 0.4) is 0 Å². The molecule has 1 heterocycles. The number of hydrogen-bond acceptors (Lipinski definition) is 4. The Morgan fingerprint density at radius 2 is 2.54 bits per heavy atom. The maximum Gasteiger partial charge on any atom is 0.321 e. The second-order valence-electron chi connectivity index (χ2n) is 3.16. The van der Waals surface area contributed by atoms with Crippen molar-refractivity contribution in [1.29, 1.82) is 0 Å². The van der Waals surface area contributed by atoms with Crippen LogP contribution in [0.2, 0.25) is 0 Å². The summed E-state index contributed by atoms with van der Waals surface area (Å²) in [6.45, 7) is 2.11. The van der Waals surface area contributed by atoms with Gasteiger partial charge in [-0.1, -0.05) is 18.3 Å². The van der Waals surface area contributed by atoms with Crippen LogP contribution in [0.1, 0.15) is 13.3 Å². The zero-order valence-corrected chi connectivity index (χ0v) is 7.97. The average Bonchev–Trinajstić information content (AvgIpc) is 2.61. The SMILES string of the molecule is C[C@@H]1C[C@H]1NC(=O)Nc1nncs1. The molecule has 0 spiro atoms. The second kappa shape index (κ2) is 3.29. The van der Waals surface area contributed by atoms with E-state index in [9.17, 15) is 4.79 Å². The first-order valence-corrected chi connectivity index (χ1v) is 4.97. The van der Waals surface area contributed by atoms with Crippen LogP contribution in [-0.4, -0.2) is 22.3 Å². The molecule has 0 unspecified atom stereocenters. The van der Waals surface area contributed by atoms with Gasteiger partial charge >= 0.3 is 6.03 Å². The van der Waals surface area contributed by atoms with Crippen LogP contribution < -0.4 is 10.6 Å². The van der Waals surface area contributed by atoms with Gasteiger partial charge in [0.05, 0.1) is 0 Å². The Balaban J connectivity index is 1.79. The fraction of sp³-hybridized carbons (Fsp3) is 0.571. The summed E-state index contributed by atoms with van der Waals surface area (Å²) in [7, 11) is 0. The minimum atomic E-state index is -0.189. The van der Waals surface area contributed by atoms with Crippen LogP contribution in [0.15, 0.2) is 5.51 Å². The lowest BCUT2D eigenvalue weighted by Crippen LogP contribution is -2.31. The third-order valence-electron chi connectivity index (χ3n) is 2.01. The molecule has 0 bridgehead atoms. The van der Waals surface area contributed by atoms with Crippen molar-refractivity contribution >= 4 is 22.5 Å². The molecule has 2 amide bonds. The van der Waals surface area contributed by atoms with Gasteiger partial charge in [0.15, 0.2) is 0 Å². The molecule has 2 atom stereocenters. The van der Waals surface area contributed by atoms with E-state index in [1.165, 1.54) is 11.3 Å². The molecular weight excluding hydrogens is 188 g/mol. The minimum Gasteiger partial charge on any atom is -0.335 e. The third kappa shape index (κ3) is 2.15. The highest BCUT2D eigenvalue weighted by Gasteiger charge is 2.33. The zero-order chi connectivity index (χ0) is 9.26. The molecule has 1 saturated carbocycles. The first-order valence-electron chi connectivity index (χ1n) is 4.09. The van der Waals surface area contributed by atoms with Gasteiger partial charge in [-0.25, -0.2) is 4.79 Å². The van der Waals surface area contributed by atoms with Gasteiger partial charge in [0, 0.05) is 6.04 Å². The Morgan fingerprint density at radius 1 is 1.77 bits per heavy atom. The normalized spacial score (nSPS) is 25.3. The molecule has 0 aliphatic heterocycles. The molecule has 1 aromatic heterocycles. The van der Waals surface area contributed by atoms with E-state index in [0.29, 0.717) is 17.1 Å². The Labute approximate surface area is 79.6 Å². The molecule has 5 nitrogen and oxygen atoms in total. The number of aromatic nitrogens is 2. The van der Waals surface area contributed by atoms with E-state index in [0.717, 1.165) is 6.42 Å². The largest absolute Gasteiger partial charge is 0.335 e. The fourth-order valence-electron chi connectivity index (χ4n) is 1.05.